The third-order valence-electron chi connectivity index (χ3n) is 2.74. The second-order valence-corrected chi connectivity index (χ2v) is 5.80. The Morgan fingerprint density at radius 3 is 2.16 bits per heavy atom. The van der Waals surface area contributed by atoms with E-state index in [1.807, 2.05) is 60.7 Å². The molecule has 0 aliphatic rings. The zero-order chi connectivity index (χ0) is 13.3. The van der Waals surface area contributed by atoms with E-state index >= 15 is 0 Å². The van der Waals surface area contributed by atoms with Crippen molar-refractivity contribution in [3.63, 3.8) is 0 Å². The van der Waals surface area contributed by atoms with E-state index in [2.05, 4.69) is 0 Å². The Bertz CT molecular complexity index is 497. The van der Waals surface area contributed by atoms with Gasteiger partial charge in [0.25, 0.3) is 0 Å². The first kappa shape index (κ1) is 13.8. The summed E-state index contributed by atoms with van der Waals surface area (Å²) in [4.78, 5) is 0.909. The maximum atomic E-state index is 11.9. The summed E-state index contributed by atoms with van der Waals surface area (Å²) >= 11 is 0. The first-order chi connectivity index (χ1) is 9.36. The van der Waals surface area contributed by atoms with Crippen LogP contribution in [-0.2, 0) is 10.8 Å². The Morgan fingerprint density at radius 1 is 0.842 bits per heavy atom. The Hall–Kier alpha value is -1.61. The molecular formula is C16H18O2S. The highest BCUT2D eigenvalue weighted by atomic mass is 32.2. The van der Waals surface area contributed by atoms with Crippen LogP contribution in [0.5, 0.6) is 5.75 Å². The van der Waals surface area contributed by atoms with E-state index in [1.165, 1.54) is 0 Å². The Morgan fingerprint density at radius 2 is 1.47 bits per heavy atom. The number of para-hydroxylation sites is 1. The van der Waals surface area contributed by atoms with E-state index < -0.39 is 10.8 Å². The number of rotatable bonds is 7. The molecule has 0 heterocycles. The minimum absolute atomic E-state index is 0.677. The molecule has 100 valence electrons. The van der Waals surface area contributed by atoms with Crippen LogP contribution in [0.3, 0.4) is 0 Å². The summed E-state index contributed by atoms with van der Waals surface area (Å²) in [5, 5.41) is 0. The van der Waals surface area contributed by atoms with Gasteiger partial charge >= 0.3 is 0 Å². The predicted molar refractivity (Wildman–Crippen MR) is 78.9 cm³/mol. The van der Waals surface area contributed by atoms with E-state index in [0.29, 0.717) is 12.4 Å². The van der Waals surface area contributed by atoms with Crippen molar-refractivity contribution in [1.82, 2.24) is 0 Å². The second-order valence-electron chi connectivity index (χ2n) is 4.23. The van der Waals surface area contributed by atoms with E-state index in [0.717, 1.165) is 23.5 Å². The standard InChI is InChI=1S/C16H18O2S/c17-19(16-11-5-2-6-12-16)14-8-7-13-18-15-9-3-1-4-10-15/h1-6,9-12H,7-8,13-14H2. The summed E-state index contributed by atoms with van der Waals surface area (Å²) in [6.45, 7) is 0.677. The van der Waals surface area contributed by atoms with Crippen molar-refractivity contribution in [2.75, 3.05) is 12.4 Å². The number of ether oxygens (including phenoxy) is 1. The molecule has 0 fully saturated rings. The molecule has 2 aromatic carbocycles. The lowest BCUT2D eigenvalue weighted by atomic mass is 10.3. The molecule has 0 saturated carbocycles. The molecule has 0 bridgehead atoms. The molecule has 0 amide bonds. The number of benzene rings is 2. The second kappa shape index (κ2) is 7.74. The molecule has 0 saturated heterocycles. The molecular weight excluding hydrogens is 256 g/mol. The maximum absolute atomic E-state index is 11.9. The highest BCUT2D eigenvalue weighted by molar-refractivity contribution is 7.85. The summed E-state index contributed by atoms with van der Waals surface area (Å²) in [5.74, 6) is 1.59. The normalized spacial score (nSPS) is 12.0. The SMILES string of the molecule is O=S(CCCCOc1ccccc1)c1ccccc1. The van der Waals surface area contributed by atoms with Crippen molar-refractivity contribution in [2.24, 2.45) is 0 Å². The number of hydrogen-bond acceptors (Lipinski definition) is 2. The summed E-state index contributed by atoms with van der Waals surface area (Å²) in [6.07, 6.45) is 1.84. The molecule has 0 radical (unpaired) electrons. The molecule has 0 aliphatic heterocycles. The monoisotopic (exact) mass is 274 g/mol. The van der Waals surface area contributed by atoms with Gasteiger partial charge in [0.1, 0.15) is 5.75 Å². The first-order valence-corrected chi connectivity index (χ1v) is 7.79. The van der Waals surface area contributed by atoms with E-state index in [1.54, 1.807) is 0 Å². The van der Waals surface area contributed by atoms with E-state index in [-0.39, 0.29) is 0 Å². The van der Waals surface area contributed by atoms with Crippen molar-refractivity contribution < 1.29 is 8.95 Å². The zero-order valence-electron chi connectivity index (χ0n) is 10.8. The largest absolute Gasteiger partial charge is 0.494 e. The van der Waals surface area contributed by atoms with Gasteiger partial charge in [0.2, 0.25) is 0 Å². The van der Waals surface area contributed by atoms with Crippen molar-refractivity contribution in [2.45, 2.75) is 17.7 Å². The topological polar surface area (TPSA) is 26.3 Å². The minimum Gasteiger partial charge on any atom is -0.494 e. The van der Waals surface area contributed by atoms with E-state index in [4.69, 9.17) is 4.74 Å². The van der Waals surface area contributed by atoms with E-state index in [9.17, 15) is 4.21 Å². The molecule has 0 spiro atoms. The molecule has 2 nitrogen and oxygen atoms in total. The summed E-state index contributed by atoms with van der Waals surface area (Å²) in [6, 6.07) is 19.4. The molecule has 1 unspecified atom stereocenters. The molecule has 1 atom stereocenters. The molecule has 2 rings (SSSR count). The predicted octanol–water partition coefficient (Wildman–Crippen LogP) is 3.65. The van der Waals surface area contributed by atoms with Crippen LogP contribution < -0.4 is 4.74 Å². The zero-order valence-corrected chi connectivity index (χ0v) is 11.6. The molecule has 2 aromatic rings. The van der Waals surface area contributed by atoms with Crippen LogP contribution in [0, 0.1) is 0 Å². The van der Waals surface area contributed by atoms with Gasteiger partial charge in [-0.1, -0.05) is 36.4 Å². The van der Waals surface area contributed by atoms with Crippen LogP contribution in [0.15, 0.2) is 65.6 Å². The van der Waals surface area contributed by atoms with Gasteiger partial charge < -0.3 is 4.74 Å². The average Bonchev–Trinajstić information content (AvgIpc) is 2.49. The maximum Gasteiger partial charge on any atom is 0.119 e. The lowest BCUT2D eigenvalue weighted by molar-refractivity contribution is 0.309. The Kier molecular flexibility index (Phi) is 5.63. The average molecular weight is 274 g/mol. The highest BCUT2D eigenvalue weighted by Gasteiger charge is 2.02. The van der Waals surface area contributed by atoms with Gasteiger partial charge in [-0.25, -0.2) is 0 Å². The van der Waals surface area contributed by atoms with Crippen LogP contribution in [-0.4, -0.2) is 16.6 Å². The Balaban J connectivity index is 1.63. The fourth-order valence-corrected chi connectivity index (χ4v) is 2.89. The van der Waals surface area contributed by atoms with Gasteiger partial charge in [0, 0.05) is 10.6 Å². The molecule has 0 aliphatic carbocycles. The van der Waals surface area contributed by atoms with Crippen LogP contribution in [0.4, 0.5) is 0 Å². The van der Waals surface area contributed by atoms with Gasteiger partial charge in [-0.05, 0) is 37.1 Å². The Labute approximate surface area is 116 Å². The van der Waals surface area contributed by atoms with Gasteiger partial charge in [-0.3, -0.25) is 4.21 Å². The fourth-order valence-electron chi connectivity index (χ4n) is 1.73. The van der Waals surface area contributed by atoms with Gasteiger partial charge in [-0.15, -0.1) is 0 Å². The van der Waals surface area contributed by atoms with Crippen molar-refractivity contribution in [1.29, 1.82) is 0 Å². The van der Waals surface area contributed by atoms with Crippen LogP contribution >= 0.6 is 0 Å². The van der Waals surface area contributed by atoms with Crippen LogP contribution in [0.2, 0.25) is 0 Å². The van der Waals surface area contributed by atoms with Crippen LogP contribution in [0.1, 0.15) is 12.8 Å². The third kappa shape index (κ3) is 4.87. The van der Waals surface area contributed by atoms with Crippen molar-refractivity contribution >= 4 is 10.8 Å². The molecule has 19 heavy (non-hydrogen) atoms. The van der Waals surface area contributed by atoms with Crippen molar-refractivity contribution in [3.8, 4) is 5.75 Å². The lowest BCUT2D eigenvalue weighted by Gasteiger charge is -2.05. The smallest absolute Gasteiger partial charge is 0.119 e. The first-order valence-electron chi connectivity index (χ1n) is 6.47. The summed E-state index contributed by atoms with van der Waals surface area (Å²) < 4.78 is 17.5. The van der Waals surface area contributed by atoms with Crippen molar-refractivity contribution in [3.05, 3.63) is 60.7 Å². The third-order valence-corrected chi connectivity index (χ3v) is 4.20. The van der Waals surface area contributed by atoms with Gasteiger partial charge in [0.05, 0.1) is 17.4 Å². The molecule has 0 aromatic heterocycles. The molecule has 0 N–H and O–H groups in total. The highest BCUT2D eigenvalue weighted by Crippen LogP contribution is 2.10. The van der Waals surface area contributed by atoms with Gasteiger partial charge in [0.15, 0.2) is 0 Å². The molecule has 3 heteroatoms. The quantitative estimate of drug-likeness (QED) is 0.720. The fraction of sp³-hybridized carbons (Fsp3) is 0.250. The summed E-state index contributed by atoms with van der Waals surface area (Å²) in [5.41, 5.74) is 0. The summed E-state index contributed by atoms with van der Waals surface area (Å²) in [7, 11) is -0.887. The number of hydrogen-bond donors (Lipinski definition) is 0. The lowest BCUT2D eigenvalue weighted by Crippen LogP contribution is -2.02. The van der Waals surface area contributed by atoms with Gasteiger partial charge in [-0.2, -0.15) is 0 Å². The van der Waals surface area contributed by atoms with Crippen LogP contribution in [0.25, 0.3) is 0 Å². The minimum atomic E-state index is -0.887. The number of unbranched alkanes of at least 4 members (excludes halogenated alkanes) is 1.